The molecule has 2 saturated carbocycles. The normalized spacial score (nSPS) is 34.7. The van der Waals surface area contributed by atoms with E-state index in [0.29, 0.717) is 23.1 Å². The third kappa shape index (κ3) is 2.86. The molecule has 4 heteroatoms. The Morgan fingerprint density at radius 3 is 2.60 bits per heavy atom. The van der Waals surface area contributed by atoms with Crippen LogP contribution in [0, 0.1) is 16.7 Å². The number of rotatable bonds is 4. The number of allylic oxidation sites excluding steroid dienone is 1. The quantitative estimate of drug-likeness (QED) is 0.761. The summed E-state index contributed by atoms with van der Waals surface area (Å²) in [6.07, 6.45) is 4.32. The van der Waals surface area contributed by atoms with Crippen molar-refractivity contribution in [1.82, 2.24) is 0 Å². The van der Waals surface area contributed by atoms with Gasteiger partial charge in [0, 0.05) is 11.5 Å². The Morgan fingerprint density at radius 2 is 1.96 bits per heavy atom. The Morgan fingerprint density at radius 1 is 1.24 bits per heavy atom. The Balaban J connectivity index is 2.02. The predicted octanol–water partition coefficient (Wildman–Crippen LogP) is 5.03. The molecule has 0 radical (unpaired) electrons. The highest BCUT2D eigenvalue weighted by molar-refractivity contribution is 6.32. The van der Waals surface area contributed by atoms with Crippen LogP contribution in [0.1, 0.15) is 45.1 Å². The molecule has 2 fully saturated rings. The van der Waals surface area contributed by atoms with Crippen LogP contribution in [-0.4, -0.2) is 25.4 Å². The maximum atomic E-state index is 10.9. The van der Waals surface area contributed by atoms with E-state index in [0.717, 1.165) is 37.0 Å². The van der Waals surface area contributed by atoms with Gasteiger partial charge >= 0.3 is 0 Å². The Hall–Kier alpha value is -1.19. The number of aliphatic hydroxyl groups excluding tert-OH is 1. The van der Waals surface area contributed by atoms with Crippen LogP contribution >= 0.6 is 11.6 Å². The molecule has 0 bridgehead atoms. The van der Waals surface area contributed by atoms with Crippen molar-refractivity contribution in [2.45, 2.75) is 52.1 Å². The molecule has 1 N–H and O–H groups in total. The molecule has 0 saturated heterocycles. The first-order valence-corrected chi connectivity index (χ1v) is 9.40. The summed E-state index contributed by atoms with van der Waals surface area (Å²) in [5.74, 6) is 1.75. The van der Waals surface area contributed by atoms with E-state index in [-0.39, 0.29) is 16.9 Å². The minimum atomic E-state index is -0.343. The first-order chi connectivity index (χ1) is 11.8. The first-order valence-electron chi connectivity index (χ1n) is 9.03. The molecule has 0 aliphatic heterocycles. The van der Waals surface area contributed by atoms with E-state index in [9.17, 15) is 5.11 Å². The number of aliphatic hydroxyl groups is 1. The highest BCUT2D eigenvalue weighted by atomic mass is 35.5. The van der Waals surface area contributed by atoms with Crippen LogP contribution in [0.15, 0.2) is 24.3 Å². The Kier molecular flexibility index (Phi) is 4.85. The van der Waals surface area contributed by atoms with Gasteiger partial charge in [-0.2, -0.15) is 0 Å². The van der Waals surface area contributed by atoms with Gasteiger partial charge in [0.15, 0.2) is 0 Å². The fourth-order valence-electron chi connectivity index (χ4n) is 5.25. The molecule has 1 aromatic carbocycles. The average Bonchev–Trinajstić information content (AvgIpc) is 2.90. The number of hydrogen-bond donors (Lipinski definition) is 1. The number of benzene rings is 1. The van der Waals surface area contributed by atoms with Gasteiger partial charge in [-0.1, -0.05) is 37.6 Å². The molecule has 3 nitrogen and oxygen atoms in total. The van der Waals surface area contributed by atoms with Crippen LogP contribution in [-0.2, 0) is 6.42 Å². The van der Waals surface area contributed by atoms with Crippen molar-refractivity contribution >= 4 is 11.6 Å². The molecule has 2 aliphatic carbocycles. The van der Waals surface area contributed by atoms with Crippen molar-refractivity contribution in [2.24, 2.45) is 16.7 Å². The fraction of sp³-hybridized carbons (Fsp3) is 0.619. The van der Waals surface area contributed by atoms with Gasteiger partial charge in [-0.05, 0) is 55.1 Å². The summed E-state index contributed by atoms with van der Waals surface area (Å²) in [6, 6.07) is 3.77. The topological polar surface area (TPSA) is 38.7 Å². The zero-order valence-corrected chi connectivity index (χ0v) is 16.4. The van der Waals surface area contributed by atoms with Gasteiger partial charge < -0.3 is 14.6 Å². The van der Waals surface area contributed by atoms with E-state index in [1.165, 1.54) is 5.57 Å². The molecule has 25 heavy (non-hydrogen) atoms. The fourth-order valence-corrected chi connectivity index (χ4v) is 5.50. The highest BCUT2D eigenvalue weighted by Gasteiger charge is 2.56. The maximum absolute atomic E-state index is 10.9. The van der Waals surface area contributed by atoms with Crippen LogP contribution in [0.4, 0.5) is 0 Å². The van der Waals surface area contributed by atoms with E-state index >= 15 is 0 Å². The van der Waals surface area contributed by atoms with E-state index < -0.39 is 0 Å². The predicted molar refractivity (Wildman–Crippen MR) is 102 cm³/mol. The largest absolute Gasteiger partial charge is 0.497 e. The average molecular weight is 365 g/mol. The molecular formula is C21H29ClO3. The molecule has 1 aromatic rings. The van der Waals surface area contributed by atoms with Crippen molar-refractivity contribution in [3.8, 4) is 11.5 Å². The molecule has 4 atom stereocenters. The summed E-state index contributed by atoms with van der Waals surface area (Å²) in [6.45, 7) is 8.87. The summed E-state index contributed by atoms with van der Waals surface area (Å²) >= 11 is 6.59. The van der Waals surface area contributed by atoms with Crippen molar-refractivity contribution in [3.63, 3.8) is 0 Å². The van der Waals surface area contributed by atoms with Crippen LogP contribution in [0.3, 0.4) is 0 Å². The molecule has 0 unspecified atom stereocenters. The van der Waals surface area contributed by atoms with Crippen molar-refractivity contribution in [1.29, 1.82) is 0 Å². The molecule has 0 spiro atoms. The van der Waals surface area contributed by atoms with Gasteiger partial charge in [0.1, 0.15) is 11.5 Å². The lowest BCUT2D eigenvalue weighted by Crippen LogP contribution is -2.50. The SMILES string of the molecule is C=C1CC[C@H]2[C@](C)(Cc3cc(OC)cc(OC)c3Cl)[C@H](O)CC[C@@]12C. The van der Waals surface area contributed by atoms with Gasteiger partial charge in [0.05, 0.1) is 25.3 Å². The van der Waals surface area contributed by atoms with Gasteiger partial charge in [-0.15, -0.1) is 0 Å². The second-order valence-corrected chi connectivity index (χ2v) is 8.53. The molecular weight excluding hydrogens is 336 g/mol. The van der Waals surface area contributed by atoms with Gasteiger partial charge in [-0.25, -0.2) is 0 Å². The number of fused-ring (bicyclic) bond motifs is 1. The smallest absolute Gasteiger partial charge is 0.141 e. The third-order valence-corrected chi connectivity index (χ3v) is 7.35. The Labute approximate surface area is 156 Å². The van der Waals surface area contributed by atoms with Crippen LogP contribution in [0.25, 0.3) is 0 Å². The third-order valence-electron chi connectivity index (χ3n) is 6.92. The summed E-state index contributed by atoms with van der Waals surface area (Å²) in [4.78, 5) is 0. The molecule has 138 valence electrons. The van der Waals surface area contributed by atoms with Crippen molar-refractivity contribution < 1.29 is 14.6 Å². The van der Waals surface area contributed by atoms with E-state index in [2.05, 4.69) is 20.4 Å². The summed E-state index contributed by atoms with van der Waals surface area (Å²) < 4.78 is 10.8. The Bertz CT molecular complexity index is 686. The monoisotopic (exact) mass is 364 g/mol. The number of ether oxygens (including phenoxy) is 2. The minimum absolute atomic E-state index is 0.114. The highest BCUT2D eigenvalue weighted by Crippen LogP contribution is 2.62. The minimum Gasteiger partial charge on any atom is -0.497 e. The second kappa shape index (κ2) is 6.51. The number of methoxy groups -OCH3 is 2. The zero-order chi connectivity index (χ0) is 18.4. The molecule has 0 amide bonds. The summed E-state index contributed by atoms with van der Waals surface area (Å²) in [5, 5.41) is 11.6. The lowest BCUT2D eigenvalue weighted by molar-refractivity contribution is -0.0823. The van der Waals surface area contributed by atoms with E-state index in [1.54, 1.807) is 20.3 Å². The zero-order valence-electron chi connectivity index (χ0n) is 15.7. The molecule has 0 heterocycles. The van der Waals surface area contributed by atoms with Crippen molar-refractivity contribution in [3.05, 3.63) is 34.9 Å². The second-order valence-electron chi connectivity index (χ2n) is 8.15. The lowest BCUT2D eigenvalue weighted by atomic mass is 9.53. The standard InChI is InChI=1S/C21H29ClO3/c1-13-6-7-17-20(13,2)9-8-18(23)21(17,3)12-14-10-15(24-4)11-16(25-5)19(14)22/h10-11,17-18,23H,1,6-9,12H2,2-5H3/t17-,18-,20+,21+/m1/s1. The molecule has 0 aromatic heterocycles. The molecule has 3 rings (SSSR count). The van der Waals surface area contributed by atoms with Crippen LogP contribution in [0.2, 0.25) is 5.02 Å². The van der Waals surface area contributed by atoms with E-state index in [4.69, 9.17) is 21.1 Å². The number of halogens is 1. The van der Waals surface area contributed by atoms with E-state index in [1.807, 2.05) is 6.07 Å². The van der Waals surface area contributed by atoms with Gasteiger partial charge in [0.25, 0.3) is 0 Å². The number of hydrogen-bond acceptors (Lipinski definition) is 3. The first kappa shape index (κ1) is 18.6. The van der Waals surface area contributed by atoms with Gasteiger partial charge in [0.2, 0.25) is 0 Å². The van der Waals surface area contributed by atoms with Gasteiger partial charge in [-0.3, -0.25) is 0 Å². The van der Waals surface area contributed by atoms with Crippen molar-refractivity contribution in [2.75, 3.05) is 14.2 Å². The van der Waals surface area contributed by atoms with Crippen LogP contribution < -0.4 is 9.47 Å². The lowest BCUT2D eigenvalue weighted by Gasteiger charge is -2.52. The van der Waals surface area contributed by atoms with Crippen LogP contribution in [0.5, 0.6) is 11.5 Å². The molecule has 2 aliphatic rings. The maximum Gasteiger partial charge on any atom is 0.141 e. The summed E-state index contributed by atoms with van der Waals surface area (Å²) in [7, 11) is 3.25. The summed E-state index contributed by atoms with van der Waals surface area (Å²) in [5.41, 5.74) is 2.18.